The highest BCUT2D eigenvalue weighted by atomic mass is 16.5. The number of ether oxygens (including phenoxy) is 3. The summed E-state index contributed by atoms with van der Waals surface area (Å²) < 4.78 is 17.1. The third-order valence-electron chi connectivity index (χ3n) is 5.88. The molecule has 5 rings (SSSR count). The Morgan fingerprint density at radius 1 is 0.686 bits per heavy atom. The summed E-state index contributed by atoms with van der Waals surface area (Å²) in [4.78, 5) is 15.4. The summed E-state index contributed by atoms with van der Waals surface area (Å²) in [5, 5.41) is 0.832. The molecule has 0 fully saturated rings. The van der Waals surface area contributed by atoms with Gasteiger partial charge >= 0.3 is 0 Å². The van der Waals surface area contributed by atoms with Crippen LogP contribution in [0.4, 0.5) is 0 Å². The van der Waals surface area contributed by atoms with E-state index in [0.29, 0.717) is 28.6 Å². The lowest BCUT2D eigenvalue weighted by molar-refractivity contribution is 0.112. The number of carbonyl (C=O) groups is 1. The van der Waals surface area contributed by atoms with Crippen LogP contribution in [0.3, 0.4) is 0 Å². The van der Waals surface area contributed by atoms with E-state index >= 15 is 0 Å². The quantitative estimate of drug-likeness (QED) is 0.240. The van der Waals surface area contributed by atoms with E-state index in [4.69, 9.17) is 14.2 Å². The molecule has 0 aliphatic rings. The van der Waals surface area contributed by atoms with Crippen LogP contribution < -0.4 is 14.2 Å². The molecule has 0 amide bonds. The number of aromatic nitrogens is 1. The summed E-state index contributed by atoms with van der Waals surface area (Å²) in [6, 6.07) is 29.4. The van der Waals surface area contributed by atoms with E-state index in [1.54, 1.807) is 20.4 Å². The van der Waals surface area contributed by atoms with Gasteiger partial charge in [-0.25, -0.2) is 0 Å². The molecule has 0 aliphatic carbocycles. The van der Waals surface area contributed by atoms with Crippen molar-refractivity contribution in [1.82, 2.24) is 4.98 Å². The zero-order valence-electron chi connectivity index (χ0n) is 19.4. The molecular weight excluding hydrogens is 438 g/mol. The lowest BCUT2D eigenvalue weighted by Crippen LogP contribution is -1.93. The minimum atomic E-state index is 0.617. The Kier molecular flexibility index (Phi) is 6.14. The van der Waals surface area contributed by atoms with Crippen LogP contribution in [0.25, 0.3) is 33.2 Å². The average Bonchev–Trinajstić information content (AvgIpc) is 2.93. The van der Waals surface area contributed by atoms with Crippen LogP contribution in [0.15, 0.2) is 97.2 Å². The lowest BCUT2D eigenvalue weighted by atomic mass is 9.94. The highest BCUT2D eigenvalue weighted by molar-refractivity contribution is 5.88. The summed E-state index contributed by atoms with van der Waals surface area (Å²) >= 11 is 0. The van der Waals surface area contributed by atoms with Gasteiger partial charge in [0, 0.05) is 23.2 Å². The summed E-state index contributed by atoms with van der Waals surface area (Å²) in [7, 11) is 3.21. The van der Waals surface area contributed by atoms with Crippen LogP contribution in [0.1, 0.15) is 10.4 Å². The molecule has 0 radical (unpaired) electrons. The van der Waals surface area contributed by atoms with E-state index < -0.39 is 0 Å². The van der Waals surface area contributed by atoms with Crippen LogP contribution in [0.5, 0.6) is 23.0 Å². The summed E-state index contributed by atoms with van der Waals surface area (Å²) in [5.74, 6) is 2.63. The maximum absolute atomic E-state index is 11.0. The van der Waals surface area contributed by atoms with Crippen molar-refractivity contribution in [2.45, 2.75) is 0 Å². The lowest BCUT2D eigenvalue weighted by Gasteiger charge is -2.13. The van der Waals surface area contributed by atoms with Gasteiger partial charge in [0.15, 0.2) is 11.5 Å². The zero-order valence-corrected chi connectivity index (χ0v) is 19.4. The fourth-order valence-corrected chi connectivity index (χ4v) is 4.09. The van der Waals surface area contributed by atoms with Crippen molar-refractivity contribution in [3.63, 3.8) is 0 Å². The van der Waals surface area contributed by atoms with E-state index in [0.717, 1.165) is 39.4 Å². The molecule has 172 valence electrons. The first-order chi connectivity index (χ1) is 17.2. The molecule has 0 N–H and O–H groups in total. The monoisotopic (exact) mass is 461 g/mol. The second kappa shape index (κ2) is 9.69. The second-order valence-electron chi connectivity index (χ2n) is 7.95. The van der Waals surface area contributed by atoms with Crippen LogP contribution in [0, 0.1) is 0 Å². The van der Waals surface area contributed by atoms with Crippen LogP contribution in [-0.2, 0) is 0 Å². The minimum Gasteiger partial charge on any atom is -0.493 e. The number of hydrogen-bond donors (Lipinski definition) is 0. The van der Waals surface area contributed by atoms with Gasteiger partial charge in [-0.3, -0.25) is 9.78 Å². The van der Waals surface area contributed by atoms with Crippen molar-refractivity contribution in [3.05, 3.63) is 103 Å². The van der Waals surface area contributed by atoms with Crippen LogP contribution >= 0.6 is 0 Å². The van der Waals surface area contributed by atoms with Crippen molar-refractivity contribution < 1.29 is 19.0 Å². The molecule has 0 saturated heterocycles. The molecule has 0 atom stereocenters. The van der Waals surface area contributed by atoms with Gasteiger partial charge in [0.05, 0.1) is 19.7 Å². The molecule has 0 unspecified atom stereocenters. The van der Waals surface area contributed by atoms with Gasteiger partial charge in [0.25, 0.3) is 0 Å². The summed E-state index contributed by atoms with van der Waals surface area (Å²) in [5.41, 5.74) is 5.74. The number of carbonyl (C=O) groups excluding carboxylic acids is 1. The van der Waals surface area contributed by atoms with Gasteiger partial charge in [0.2, 0.25) is 0 Å². The van der Waals surface area contributed by atoms with Crippen molar-refractivity contribution in [2.24, 2.45) is 0 Å². The predicted molar refractivity (Wildman–Crippen MR) is 138 cm³/mol. The molecule has 0 saturated carbocycles. The number of aldehydes is 1. The van der Waals surface area contributed by atoms with Gasteiger partial charge in [-0.1, -0.05) is 60.7 Å². The smallest absolute Gasteiger partial charge is 0.162 e. The molecule has 0 aliphatic heterocycles. The number of methoxy groups -OCH3 is 2. The third kappa shape index (κ3) is 4.44. The van der Waals surface area contributed by atoms with E-state index in [9.17, 15) is 4.79 Å². The topological polar surface area (TPSA) is 57.7 Å². The third-order valence-corrected chi connectivity index (χ3v) is 5.88. The van der Waals surface area contributed by atoms with E-state index in [1.807, 2.05) is 78.9 Å². The highest BCUT2D eigenvalue weighted by Gasteiger charge is 2.12. The fraction of sp³-hybridized carbons (Fsp3) is 0.0667. The van der Waals surface area contributed by atoms with Crippen molar-refractivity contribution in [2.75, 3.05) is 14.2 Å². The molecule has 35 heavy (non-hydrogen) atoms. The molecular formula is C30H23NO4. The molecule has 0 spiro atoms. The summed E-state index contributed by atoms with van der Waals surface area (Å²) in [6.07, 6.45) is 2.57. The highest BCUT2D eigenvalue weighted by Crippen LogP contribution is 2.38. The molecule has 5 nitrogen and oxygen atoms in total. The average molecular weight is 462 g/mol. The van der Waals surface area contributed by atoms with Crippen molar-refractivity contribution in [1.29, 1.82) is 0 Å². The standard InChI is InChI=1S/C30H23NO4/c1-33-29-17-26-27(18-30(29)34-2)31-16-15-28(26)35-23-13-11-22(12-14-23)25-6-4-3-5-24(25)21-9-7-20(19-32)8-10-21/h3-19H,1-2H3. The first-order valence-electron chi connectivity index (χ1n) is 11.1. The van der Waals surface area contributed by atoms with Gasteiger partial charge in [-0.15, -0.1) is 0 Å². The van der Waals surface area contributed by atoms with Crippen molar-refractivity contribution in [3.8, 4) is 45.3 Å². The molecule has 4 aromatic carbocycles. The first kappa shape index (κ1) is 22.2. The fourth-order valence-electron chi connectivity index (χ4n) is 4.09. The number of hydrogen-bond acceptors (Lipinski definition) is 5. The maximum atomic E-state index is 11.0. The number of rotatable bonds is 7. The molecule has 5 heteroatoms. The Hall–Kier alpha value is -4.64. The zero-order chi connectivity index (χ0) is 24.2. The Balaban J connectivity index is 1.46. The Bertz CT molecular complexity index is 1490. The van der Waals surface area contributed by atoms with E-state index in [2.05, 4.69) is 17.1 Å². The first-order valence-corrected chi connectivity index (χ1v) is 11.1. The maximum Gasteiger partial charge on any atom is 0.162 e. The Labute approximate surface area is 203 Å². The largest absolute Gasteiger partial charge is 0.493 e. The number of nitrogens with zero attached hydrogens (tertiary/aromatic N) is 1. The molecule has 0 bridgehead atoms. The van der Waals surface area contributed by atoms with Gasteiger partial charge in [-0.2, -0.15) is 0 Å². The Morgan fingerprint density at radius 3 is 1.89 bits per heavy atom. The number of pyridine rings is 1. The SMILES string of the molecule is COc1cc2nccc(Oc3ccc(-c4ccccc4-c4ccc(C=O)cc4)cc3)c2cc1OC. The van der Waals surface area contributed by atoms with Gasteiger partial charge < -0.3 is 14.2 Å². The van der Waals surface area contributed by atoms with Crippen LogP contribution in [0.2, 0.25) is 0 Å². The van der Waals surface area contributed by atoms with Gasteiger partial charge in [0.1, 0.15) is 17.8 Å². The number of benzene rings is 4. The minimum absolute atomic E-state index is 0.617. The van der Waals surface area contributed by atoms with Crippen LogP contribution in [-0.4, -0.2) is 25.5 Å². The normalized spacial score (nSPS) is 10.7. The van der Waals surface area contributed by atoms with E-state index in [1.165, 1.54) is 0 Å². The molecule has 1 heterocycles. The van der Waals surface area contributed by atoms with Crippen molar-refractivity contribution >= 4 is 17.2 Å². The molecule has 1 aromatic heterocycles. The summed E-state index contributed by atoms with van der Waals surface area (Å²) in [6.45, 7) is 0. The van der Waals surface area contributed by atoms with Gasteiger partial charge in [-0.05, 0) is 46.5 Å². The second-order valence-corrected chi connectivity index (χ2v) is 7.95. The predicted octanol–water partition coefficient (Wildman–Crippen LogP) is 7.19. The van der Waals surface area contributed by atoms with E-state index in [-0.39, 0.29) is 0 Å². The Morgan fingerprint density at radius 2 is 1.29 bits per heavy atom. The molecule has 5 aromatic rings. The number of fused-ring (bicyclic) bond motifs is 1.